The van der Waals surface area contributed by atoms with Crippen LogP contribution < -0.4 is 21.0 Å². The second-order valence-corrected chi connectivity index (χ2v) is 5.49. The monoisotopic (exact) mass is 340 g/mol. The van der Waals surface area contributed by atoms with E-state index < -0.39 is 0 Å². The minimum absolute atomic E-state index is 0.206. The molecule has 0 amide bonds. The summed E-state index contributed by atoms with van der Waals surface area (Å²) in [5.74, 6) is 1.17. The van der Waals surface area contributed by atoms with Crippen LogP contribution in [0.1, 0.15) is 5.82 Å². The van der Waals surface area contributed by atoms with Crippen molar-refractivity contribution >= 4 is 33.9 Å². The quantitative estimate of drug-likeness (QED) is 0.715. The smallest absolute Gasteiger partial charge is 0.280 e. The zero-order valence-corrected chi connectivity index (χ0v) is 14.1. The van der Waals surface area contributed by atoms with Gasteiger partial charge in [-0.05, 0) is 43.4 Å². The molecule has 0 saturated carbocycles. The number of nitrogens with one attached hydrogen (secondary N) is 2. The van der Waals surface area contributed by atoms with Gasteiger partial charge in [0.25, 0.3) is 5.56 Å². The van der Waals surface area contributed by atoms with E-state index in [-0.39, 0.29) is 10.7 Å². The predicted molar refractivity (Wildman–Crippen MR) is 99.3 cm³/mol. The fourth-order valence-electron chi connectivity index (χ4n) is 2.38. The summed E-state index contributed by atoms with van der Waals surface area (Å²) in [5, 5.41) is 3.81. The van der Waals surface area contributed by atoms with Gasteiger partial charge in [-0.2, -0.15) is 0 Å². The Kier molecular flexibility index (Phi) is 4.43. The molecule has 2 N–H and O–H groups in total. The van der Waals surface area contributed by atoms with Gasteiger partial charge in [0, 0.05) is 0 Å². The predicted octanol–water partition coefficient (Wildman–Crippen LogP) is 2.65. The highest BCUT2D eigenvalue weighted by molar-refractivity contribution is 7.80. The average molecular weight is 340 g/mol. The summed E-state index contributed by atoms with van der Waals surface area (Å²) < 4.78 is 6.60. The van der Waals surface area contributed by atoms with Gasteiger partial charge >= 0.3 is 0 Å². The molecule has 6 nitrogen and oxygen atoms in total. The molecule has 0 aliphatic carbocycles. The van der Waals surface area contributed by atoms with E-state index in [4.69, 9.17) is 17.0 Å². The number of anilines is 1. The molecule has 3 rings (SSSR count). The molecule has 0 fully saturated rings. The zero-order chi connectivity index (χ0) is 17.1. The Morgan fingerprint density at radius 2 is 1.88 bits per heavy atom. The number of hydrogen-bond acceptors (Lipinski definition) is 4. The Labute approximate surface area is 144 Å². The molecule has 0 bridgehead atoms. The van der Waals surface area contributed by atoms with Gasteiger partial charge in [-0.3, -0.25) is 10.2 Å². The summed E-state index contributed by atoms with van der Waals surface area (Å²) in [6.07, 6.45) is 0. The zero-order valence-electron chi connectivity index (χ0n) is 13.2. The lowest BCUT2D eigenvalue weighted by molar-refractivity contribution is 0.417. The van der Waals surface area contributed by atoms with E-state index >= 15 is 0 Å². The number of hydrogen-bond donors (Lipinski definition) is 2. The summed E-state index contributed by atoms with van der Waals surface area (Å²) in [7, 11) is 1.58. The van der Waals surface area contributed by atoms with Crippen LogP contribution in [-0.4, -0.2) is 21.9 Å². The van der Waals surface area contributed by atoms with Crippen molar-refractivity contribution in [2.45, 2.75) is 6.92 Å². The first kappa shape index (κ1) is 15.9. The van der Waals surface area contributed by atoms with Crippen molar-refractivity contribution < 1.29 is 4.74 Å². The molecule has 7 heteroatoms. The summed E-state index contributed by atoms with van der Waals surface area (Å²) in [6.45, 7) is 1.74. The maximum Gasteiger partial charge on any atom is 0.280 e. The lowest BCUT2D eigenvalue weighted by Gasteiger charge is -2.16. The minimum atomic E-state index is -0.206. The number of rotatable bonds is 3. The van der Waals surface area contributed by atoms with Crippen LogP contribution >= 0.6 is 12.2 Å². The van der Waals surface area contributed by atoms with Gasteiger partial charge in [0.05, 0.1) is 23.7 Å². The molecule has 0 atom stereocenters. The van der Waals surface area contributed by atoms with Crippen LogP contribution in [0.2, 0.25) is 0 Å². The van der Waals surface area contributed by atoms with E-state index in [1.807, 2.05) is 30.3 Å². The van der Waals surface area contributed by atoms with Gasteiger partial charge < -0.3 is 10.1 Å². The molecule has 1 aromatic heterocycles. The first-order chi connectivity index (χ1) is 11.6. The van der Waals surface area contributed by atoms with E-state index in [1.54, 1.807) is 32.2 Å². The summed E-state index contributed by atoms with van der Waals surface area (Å²) in [6, 6.07) is 14.6. The molecule has 0 aliphatic heterocycles. The summed E-state index contributed by atoms with van der Waals surface area (Å²) in [4.78, 5) is 17.0. The maximum absolute atomic E-state index is 12.6. The third-order valence-electron chi connectivity index (χ3n) is 3.51. The molecule has 0 aliphatic rings. The molecule has 0 spiro atoms. The lowest BCUT2D eigenvalue weighted by Crippen LogP contribution is -2.37. The number of thiocarbonyl (C=S) groups is 1. The molecular weight excluding hydrogens is 324 g/mol. The highest BCUT2D eigenvalue weighted by Crippen LogP contribution is 2.22. The Morgan fingerprint density at radius 3 is 2.67 bits per heavy atom. The van der Waals surface area contributed by atoms with E-state index in [1.165, 1.54) is 4.68 Å². The van der Waals surface area contributed by atoms with Crippen molar-refractivity contribution in [3.8, 4) is 5.75 Å². The van der Waals surface area contributed by atoms with Crippen LogP contribution in [0.5, 0.6) is 5.75 Å². The van der Waals surface area contributed by atoms with Crippen molar-refractivity contribution in [1.82, 2.24) is 9.66 Å². The first-order valence-electron chi connectivity index (χ1n) is 7.29. The first-order valence-corrected chi connectivity index (χ1v) is 7.70. The SMILES string of the molecule is COc1ccccc1NC(=S)Nn1c(C)nc2ccccc2c1=O. The van der Waals surface area contributed by atoms with Gasteiger partial charge in [-0.25, -0.2) is 9.66 Å². The fourth-order valence-corrected chi connectivity index (χ4v) is 2.58. The van der Waals surface area contributed by atoms with E-state index in [0.717, 1.165) is 0 Å². The number of methoxy groups -OCH3 is 1. The molecule has 0 radical (unpaired) electrons. The Balaban J connectivity index is 1.90. The van der Waals surface area contributed by atoms with Crippen molar-refractivity contribution in [3.63, 3.8) is 0 Å². The molecule has 3 aromatic rings. The Hall–Kier alpha value is -2.93. The number of benzene rings is 2. The molecule has 122 valence electrons. The second kappa shape index (κ2) is 6.67. The number of para-hydroxylation sites is 3. The van der Waals surface area contributed by atoms with Crippen molar-refractivity contribution in [1.29, 1.82) is 0 Å². The molecular formula is C17H16N4O2S. The number of aryl methyl sites for hydroxylation is 1. The van der Waals surface area contributed by atoms with Crippen molar-refractivity contribution in [2.75, 3.05) is 17.9 Å². The third-order valence-corrected chi connectivity index (χ3v) is 3.71. The van der Waals surface area contributed by atoms with Gasteiger partial charge in [-0.1, -0.05) is 24.3 Å². The van der Waals surface area contributed by atoms with E-state index in [2.05, 4.69) is 15.7 Å². The third kappa shape index (κ3) is 3.07. The molecule has 0 saturated heterocycles. The maximum atomic E-state index is 12.6. The van der Waals surface area contributed by atoms with E-state index in [0.29, 0.717) is 28.2 Å². The number of aromatic nitrogens is 2. The number of nitrogens with zero attached hydrogens (tertiary/aromatic N) is 2. The van der Waals surface area contributed by atoms with Crippen LogP contribution in [0.4, 0.5) is 5.69 Å². The van der Waals surface area contributed by atoms with Gasteiger partial charge in [0.15, 0.2) is 5.11 Å². The highest BCUT2D eigenvalue weighted by atomic mass is 32.1. The standard InChI is InChI=1S/C17H16N4O2S/c1-11-18-13-8-4-3-7-12(13)16(22)21(11)20-17(24)19-14-9-5-6-10-15(14)23-2/h3-10H,1-2H3,(H2,19,20,24). The van der Waals surface area contributed by atoms with Crippen LogP contribution in [0, 0.1) is 6.92 Å². The van der Waals surface area contributed by atoms with Crippen LogP contribution in [0.15, 0.2) is 53.3 Å². The summed E-state index contributed by atoms with van der Waals surface area (Å²) in [5.41, 5.74) is 4.03. The minimum Gasteiger partial charge on any atom is -0.495 e. The molecule has 2 aromatic carbocycles. The van der Waals surface area contributed by atoms with E-state index in [9.17, 15) is 4.79 Å². The lowest BCUT2D eigenvalue weighted by atomic mass is 10.2. The summed E-state index contributed by atoms with van der Waals surface area (Å²) >= 11 is 5.30. The van der Waals surface area contributed by atoms with Crippen LogP contribution in [0.3, 0.4) is 0 Å². The average Bonchev–Trinajstić information content (AvgIpc) is 2.59. The van der Waals surface area contributed by atoms with Gasteiger partial charge in [0.1, 0.15) is 11.6 Å². The van der Waals surface area contributed by atoms with Crippen molar-refractivity contribution in [2.24, 2.45) is 0 Å². The van der Waals surface area contributed by atoms with Crippen molar-refractivity contribution in [3.05, 3.63) is 64.7 Å². The molecule has 0 unspecified atom stereocenters. The number of fused-ring (bicyclic) bond motifs is 1. The Bertz CT molecular complexity index is 968. The van der Waals surface area contributed by atoms with Crippen LogP contribution in [0.25, 0.3) is 10.9 Å². The number of ether oxygens (including phenoxy) is 1. The molecule has 1 heterocycles. The van der Waals surface area contributed by atoms with Crippen LogP contribution in [-0.2, 0) is 0 Å². The van der Waals surface area contributed by atoms with Gasteiger partial charge in [-0.15, -0.1) is 0 Å². The van der Waals surface area contributed by atoms with Gasteiger partial charge in [0.2, 0.25) is 0 Å². The largest absolute Gasteiger partial charge is 0.495 e. The second-order valence-electron chi connectivity index (χ2n) is 5.08. The topological polar surface area (TPSA) is 68.2 Å². The Morgan fingerprint density at radius 1 is 1.17 bits per heavy atom. The normalized spacial score (nSPS) is 10.4. The molecule has 24 heavy (non-hydrogen) atoms. The highest BCUT2D eigenvalue weighted by Gasteiger charge is 2.10. The fraction of sp³-hybridized carbons (Fsp3) is 0.118.